The van der Waals surface area contributed by atoms with E-state index in [1.165, 1.54) is 48.8 Å². The molecule has 0 fully saturated rings. The van der Waals surface area contributed by atoms with Gasteiger partial charge in [0.05, 0.1) is 0 Å². The van der Waals surface area contributed by atoms with Crippen LogP contribution in [0.2, 0.25) is 0 Å². The van der Waals surface area contributed by atoms with E-state index in [1.54, 1.807) is 0 Å². The maximum absolute atomic E-state index is 3.39. The highest BCUT2D eigenvalue weighted by atomic mass is 14.1. The lowest BCUT2D eigenvalue weighted by molar-refractivity contribution is 0.667. The van der Waals surface area contributed by atoms with Crippen molar-refractivity contribution in [2.75, 3.05) is 0 Å². The third-order valence-corrected chi connectivity index (χ3v) is 3.30. The average Bonchev–Trinajstić information content (AvgIpc) is 2.45. The molecular formula is C18H21. The van der Waals surface area contributed by atoms with Gasteiger partial charge in [0.2, 0.25) is 0 Å². The molecule has 0 aliphatic heterocycles. The lowest BCUT2D eigenvalue weighted by atomic mass is 9.96. The lowest BCUT2D eigenvalue weighted by Crippen LogP contribution is -1.90. The molecule has 0 bridgehead atoms. The maximum Gasteiger partial charge on any atom is -0.00731 e. The first-order valence-electron chi connectivity index (χ1n) is 6.97. The zero-order valence-electron chi connectivity index (χ0n) is 11.2. The summed E-state index contributed by atoms with van der Waals surface area (Å²) in [5.74, 6) is 0. The molecule has 0 N–H and O–H groups in total. The van der Waals surface area contributed by atoms with Crippen LogP contribution >= 0.6 is 0 Å². The van der Waals surface area contributed by atoms with Gasteiger partial charge in [0.1, 0.15) is 0 Å². The number of unbranched alkanes of at least 4 members (excludes halogenated alkanes) is 3. The van der Waals surface area contributed by atoms with Gasteiger partial charge in [-0.1, -0.05) is 74.7 Å². The standard InChI is InChI=1S/C18H21/c1-2-3-4-6-11-17-14-9-10-15-18(17)16-12-7-5-8-13-16/h5,7-10,12-14H,2-4,6,11H2,1H3. The van der Waals surface area contributed by atoms with Gasteiger partial charge >= 0.3 is 0 Å². The van der Waals surface area contributed by atoms with E-state index in [-0.39, 0.29) is 0 Å². The van der Waals surface area contributed by atoms with Crippen LogP contribution in [0.3, 0.4) is 0 Å². The van der Waals surface area contributed by atoms with Crippen LogP contribution in [0.15, 0.2) is 48.5 Å². The van der Waals surface area contributed by atoms with Crippen molar-refractivity contribution < 1.29 is 0 Å². The second kappa shape index (κ2) is 7.00. The first kappa shape index (κ1) is 12.9. The predicted octanol–water partition coefficient (Wildman–Crippen LogP) is 5.28. The number of benzene rings is 2. The molecule has 2 aromatic rings. The Balaban J connectivity index is 2.11. The topological polar surface area (TPSA) is 0 Å². The summed E-state index contributed by atoms with van der Waals surface area (Å²) in [4.78, 5) is 0. The van der Waals surface area contributed by atoms with Crippen molar-refractivity contribution in [1.82, 2.24) is 0 Å². The molecular weight excluding hydrogens is 216 g/mol. The molecule has 2 aromatic carbocycles. The Morgan fingerprint density at radius 1 is 0.889 bits per heavy atom. The van der Waals surface area contributed by atoms with Crippen LogP contribution in [0, 0.1) is 6.07 Å². The Morgan fingerprint density at radius 2 is 1.72 bits per heavy atom. The van der Waals surface area contributed by atoms with Crippen LogP contribution in [-0.4, -0.2) is 0 Å². The van der Waals surface area contributed by atoms with Gasteiger partial charge in [0.25, 0.3) is 0 Å². The van der Waals surface area contributed by atoms with Gasteiger partial charge in [0.15, 0.2) is 0 Å². The molecule has 0 atom stereocenters. The predicted molar refractivity (Wildman–Crippen MR) is 78.6 cm³/mol. The van der Waals surface area contributed by atoms with Gasteiger partial charge in [0, 0.05) is 0 Å². The molecule has 0 saturated carbocycles. The van der Waals surface area contributed by atoms with Crippen molar-refractivity contribution in [1.29, 1.82) is 0 Å². The third-order valence-electron chi connectivity index (χ3n) is 3.30. The highest BCUT2D eigenvalue weighted by Gasteiger charge is 2.03. The van der Waals surface area contributed by atoms with Crippen molar-refractivity contribution in [3.05, 3.63) is 60.2 Å². The van der Waals surface area contributed by atoms with Crippen LogP contribution in [0.25, 0.3) is 11.1 Å². The van der Waals surface area contributed by atoms with Crippen molar-refractivity contribution in [3.63, 3.8) is 0 Å². The molecule has 0 amide bonds. The molecule has 0 aromatic heterocycles. The highest BCUT2D eigenvalue weighted by molar-refractivity contribution is 5.66. The number of hydrogen-bond donors (Lipinski definition) is 0. The lowest BCUT2D eigenvalue weighted by Gasteiger charge is -2.09. The van der Waals surface area contributed by atoms with Crippen molar-refractivity contribution in [3.8, 4) is 11.1 Å². The summed E-state index contributed by atoms with van der Waals surface area (Å²) in [5.41, 5.74) is 3.98. The fourth-order valence-electron chi connectivity index (χ4n) is 2.30. The van der Waals surface area contributed by atoms with E-state index in [0.29, 0.717) is 0 Å². The fourth-order valence-corrected chi connectivity index (χ4v) is 2.30. The van der Waals surface area contributed by atoms with Crippen LogP contribution in [0.5, 0.6) is 0 Å². The molecule has 0 aliphatic carbocycles. The molecule has 2 rings (SSSR count). The van der Waals surface area contributed by atoms with E-state index in [4.69, 9.17) is 0 Å². The van der Waals surface area contributed by atoms with Crippen LogP contribution in [0.4, 0.5) is 0 Å². The van der Waals surface area contributed by atoms with E-state index in [2.05, 4.69) is 55.5 Å². The number of rotatable bonds is 6. The minimum Gasteiger partial charge on any atom is -0.0654 e. The van der Waals surface area contributed by atoms with Crippen molar-refractivity contribution in [2.45, 2.75) is 39.0 Å². The normalized spacial score (nSPS) is 10.5. The highest BCUT2D eigenvalue weighted by Crippen LogP contribution is 2.24. The fraction of sp³-hybridized carbons (Fsp3) is 0.333. The first-order chi connectivity index (χ1) is 8.92. The van der Waals surface area contributed by atoms with Crippen LogP contribution in [-0.2, 0) is 6.42 Å². The summed E-state index contributed by atoms with van der Waals surface area (Å²) in [6.07, 6.45) is 6.43. The van der Waals surface area contributed by atoms with Gasteiger partial charge in [-0.25, -0.2) is 0 Å². The molecule has 93 valence electrons. The molecule has 0 heterocycles. The Kier molecular flexibility index (Phi) is 5.01. The van der Waals surface area contributed by atoms with E-state index >= 15 is 0 Å². The summed E-state index contributed by atoms with van der Waals surface area (Å²) in [5, 5.41) is 0. The van der Waals surface area contributed by atoms with Gasteiger partial charge in [-0.3, -0.25) is 0 Å². The Labute approximate surface area is 111 Å². The second-order valence-corrected chi connectivity index (χ2v) is 4.75. The van der Waals surface area contributed by atoms with Gasteiger partial charge in [-0.05, 0) is 35.6 Å². The van der Waals surface area contributed by atoms with E-state index in [9.17, 15) is 0 Å². The number of aryl methyl sites for hydroxylation is 1. The second-order valence-electron chi connectivity index (χ2n) is 4.75. The summed E-state index contributed by atoms with van der Waals surface area (Å²) in [7, 11) is 0. The molecule has 0 unspecified atom stereocenters. The Hall–Kier alpha value is -1.56. The molecule has 0 saturated heterocycles. The van der Waals surface area contributed by atoms with E-state index in [0.717, 1.165) is 0 Å². The first-order valence-corrected chi connectivity index (χ1v) is 6.97. The molecule has 0 spiro atoms. The van der Waals surface area contributed by atoms with Gasteiger partial charge in [-0.15, -0.1) is 0 Å². The third kappa shape index (κ3) is 3.46. The quantitative estimate of drug-likeness (QED) is 0.600. The maximum atomic E-state index is 3.39. The van der Waals surface area contributed by atoms with Crippen LogP contribution < -0.4 is 0 Å². The van der Waals surface area contributed by atoms with Crippen molar-refractivity contribution >= 4 is 0 Å². The average molecular weight is 237 g/mol. The Bertz CT molecular complexity index is 456. The van der Waals surface area contributed by atoms with Gasteiger partial charge < -0.3 is 0 Å². The minimum absolute atomic E-state index is 1.17. The molecule has 18 heavy (non-hydrogen) atoms. The molecule has 1 radical (unpaired) electrons. The minimum atomic E-state index is 1.17. The monoisotopic (exact) mass is 237 g/mol. The summed E-state index contributed by atoms with van der Waals surface area (Å²) in [6.45, 7) is 2.26. The van der Waals surface area contributed by atoms with E-state index in [1.807, 2.05) is 6.07 Å². The largest absolute Gasteiger partial charge is 0.0654 e. The summed E-state index contributed by atoms with van der Waals surface area (Å²) < 4.78 is 0. The zero-order valence-corrected chi connectivity index (χ0v) is 11.2. The van der Waals surface area contributed by atoms with E-state index < -0.39 is 0 Å². The zero-order chi connectivity index (χ0) is 12.6. The Morgan fingerprint density at radius 3 is 2.50 bits per heavy atom. The number of hydrogen-bond acceptors (Lipinski definition) is 0. The molecule has 0 heteroatoms. The molecule has 0 nitrogen and oxygen atoms in total. The van der Waals surface area contributed by atoms with Crippen molar-refractivity contribution in [2.24, 2.45) is 0 Å². The van der Waals surface area contributed by atoms with Crippen LogP contribution in [0.1, 0.15) is 38.2 Å². The SMILES string of the molecule is CCCCCCc1ccc[c]c1-c1ccccc1. The summed E-state index contributed by atoms with van der Waals surface area (Å²) >= 11 is 0. The molecule has 0 aliphatic rings. The smallest absolute Gasteiger partial charge is 0.00731 e. The summed E-state index contributed by atoms with van der Waals surface area (Å²) in [6, 6.07) is 20.3. The van der Waals surface area contributed by atoms with Gasteiger partial charge in [-0.2, -0.15) is 0 Å².